The zero-order valence-corrected chi connectivity index (χ0v) is 24.2. The van der Waals surface area contributed by atoms with Crippen molar-refractivity contribution in [3.8, 4) is 0 Å². The maximum atomic E-state index is 12.7. The van der Waals surface area contributed by atoms with E-state index < -0.39 is 20.6 Å². The maximum absolute atomic E-state index is 12.7. The van der Waals surface area contributed by atoms with Crippen molar-refractivity contribution in [2.45, 2.75) is 63.4 Å². The van der Waals surface area contributed by atoms with Gasteiger partial charge in [-0.3, -0.25) is 19.2 Å². The van der Waals surface area contributed by atoms with Crippen molar-refractivity contribution in [3.63, 3.8) is 0 Å². The Labute approximate surface area is 219 Å². The molecule has 4 atom stereocenters. The highest BCUT2D eigenvalue weighted by Crippen LogP contribution is 2.42. The molecule has 12 nitrogen and oxygen atoms in total. The van der Waals surface area contributed by atoms with Gasteiger partial charge in [0.15, 0.2) is 25.7 Å². The van der Waals surface area contributed by atoms with Crippen molar-refractivity contribution in [1.29, 1.82) is 0 Å². The van der Waals surface area contributed by atoms with Gasteiger partial charge in [-0.2, -0.15) is 4.98 Å². The normalized spacial score (nSPS) is 25.9. The lowest BCUT2D eigenvalue weighted by Gasteiger charge is -2.41. The summed E-state index contributed by atoms with van der Waals surface area (Å²) in [5.74, 6) is 0.193. The summed E-state index contributed by atoms with van der Waals surface area (Å²) in [5, 5.41) is 0.0167. The Bertz CT molecular complexity index is 1150. The highest BCUT2D eigenvalue weighted by Gasteiger charge is 2.51. The van der Waals surface area contributed by atoms with Crippen LogP contribution in [0.3, 0.4) is 0 Å². The summed E-state index contributed by atoms with van der Waals surface area (Å²) in [5.41, 5.74) is 0.251. The molecule has 4 rings (SSSR count). The fraction of sp³-hybridized carbons (Fsp3) is 0.750. The molecule has 2 saturated heterocycles. The molecule has 0 saturated carbocycles. The average molecular weight is 536 g/mol. The fourth-order valence-corrected chi connectivity index (χ4v) is 5.68. The van der Waals surface area contributed by atoms with Crippen molar-refractivity contribution in [3.05, 3.63) is 16.7 Å². The van der Waals surface area contributed by atoms with Gasteiger partial charge in [0, 0.05) is 40.8 Å². The van der Waals surface area contributed by atoms with E-state index in [2.05, 4.69) is 58.7 Å². The van der Waals surface area contributed by atoms with E-state index >= 15 is 0 Å². The Morgan fingerprint density at radius 2 is 1.97 bits per heavy atom. The number of nitrogens with zero attached hydrogens (tertiary/aromatic N) is 6. The minimum atomic E-state index is -2.17. The molecule has 2 aromatic rings. The predicted octanol–water partition coefficient (Wildman–Crippen LogP) is 1.98. The van der Waals surface area contributed by atoms with E-state index in [1.54, 1.807) is 29.2 Å². The van der Waals surface area contributed by atoms with Gasteiger partial charge in [0.2, 0.25) is 5.95 Å². The molecule has 0 radical (unpaired) electrons. The molecular weight excluding hydrogens is 494 g/mol. The molecule has 4 heterocycles. The van der Waals surface area contributed by atoms with Gasteiger partial charge in [-0.15, -0.1) is 0 Å². The van der Waals surface area contributed by atoms with E-state index in [-0.39, 0.29) is 34.3 Å². The van der Waals surface area contributed by atoms with E-state index in [1.807, 2.05) is 14.1 Å². The largest absolute Gasteiger partial charge is 0.408 e. The fourth-order valence-electron chi connectivity index (χ4n) is 4.36. The first kappa shape index (κ1) is 27.9. The molecule has 1 unspecified atom stereocenters. The van der Waals surface area contributed by atoms with Gasteiger partial charge >= 0.3 is 0 Å². The van der Waals surface area contributed by atoms with Crippen LogP contribution in [0, 0.1) is 0 Å². The molecule has 2 aromatic heterocycles. The molecule has 206 valence electrons. The number of aromatic amines is 1. The number of methoxy groups -OCH3 is 1. The summed E-state index contributed by atoms with van der Waals surface area (Å²) in [6.45, 7) is 14.9. The Balaban J connectivity index is 1.72. The summed E-state index contributed by atoms with van der Waals surface area (Å²) < 4.78 is 27.0. The molecule has 0 amide bonds. The standard InChI is InChI=1S/C24H41N7O5Si/c1-24(2,3)37(7,8)36-18-16(13-30-9-11-34-12-10-30)35-22(19(18)33-6)31-15-25-17-20(31)27-23(28-21(17)32)26-14-29(4)5/h14-16,18-19,22H,9-13H2,1-8H3,(H,27,28,32)/t16-,18?,19+,22-/m1/s1. The zero-order valence-electron chi connectivity index (χ0n) is 23.2. The number of fused-ring (bicyclic) bond motifs is 1. The molecule has 0 spiro atoms. The quantitative estimate of drug-likeness (QED) is 0.307. The highest BCUT2D eigenvalue weighted by atomic mass is 28.4. The third kappa shape index (κ3) is 5.96. The van der Waals surface area contributed by atoms with Gasteiger partial charge in [-0.05, 0) is 18.1 Å². The van der Waals surface area contributed by atoms with Crippen molar-refractivity contribution in [1.82, 2.24) is 29.3 Å². The van der Waals surface area contributed by atoms with E-state index in [1.165, 1.54) is 0 Å². The Kier molecular flexibility index (Phi) is 8.21. The summed E-state index contributed by atoms with van der Waals surface area (Å²) in [4.78, 5) is 32.7. The minimum Gasteiger partial charge on any atom is -0.408 e. The molecule has 37 heavy (non-hydrogen) atoms. The molecule has 2 aliphatic rings. The number of rotatable bonds is 8. The lowest BCUT2D eigenvalue weighted by Crippen LogP contribution is -2.52. The van der Waals surface area contributed by atoms with Crippen molar-refractivity contribution < 1.29 is 18.6 Å². The highest BCUT2D eigenvalue weighted by molar-refractivity contribution is 6.74. The Morgan fingerprint density at radius 3 is 2.59 bits per heavy atom. The van der Waals surface area contributed by atoms with Crippen LogP contribution in [0.15, 0.2) is 16.1 Å². The maximum Gasteiger partial charge on any atom is 0.280 e. The van der Waals surface area contributed by atoms with Crippen LogP contribution in [-0.4, -0.2) is 116 Å². The summed E-state index contributed by atoms with van der Waals surface area (Å²) in [7, 11) is 3.20. The van der Waals surface area contributed by atoms with Crippen LogP contribution in [0.25, 0.3) is 11.2 Å². The number of aliphatic imine (C=N–C) groups is 1. The lowest BCUT2D eigenvalue weighted by molar-refractivity contribution is -0.0603. The number of nitrogens with one attached hydrogen (secondary N) is 1. The first-order chi connectivity index (χ1) is 17.4. The number of H-pyrrole nitrogens is 1. The summed E-state index contributed by atoms with van der Waals surface area (Å²) >= 11 is 0. The molecule has 2 aliphatic heterocycles. The third-order valence-electron chi connectivity index (χ3n) is 7.44. The molecule has 0 aliphatic carbocycles. The van der Waals surface area contributed by atoms with E-state index in [0.29, 0.717) is 25.4 Å². The summed E-state index contributed by atoms with van der Waals surface area (Å²) in [6.07, 6.45) is 1.63. The van der Waals surface area contributed by atoms with Gasteiger partial charge in [0.1, 0.15) is 18.3 Å². The van der Waals surface area contributed by atoms with Crippen LogP contribution in [0.1, 0.15) is 27.0 Å². The van der Waals surface area contributed by atoms with Crippen molar-refractivity contribution >= 4 is 31.8 Å². The van der Waals surface area contributed by atoms with Crippen LogP contribution < -0.4 is 5.56 Å². The number of hydrogen-bond donors (Lipinski definition) is 1. The Morgan fingerprint density at radius 1 is 1.27 bits per heavy atom. The lowest BCUT2D eigenvalue weighted by atomic mass is 10.1. The molecule has 0 bridgehead atoms. The van der Waals surface area contributed by atoms with Crippen LogP contribution in [-0.2, 0) is 18.6 Å². The molecule has 13 heteroatoms. The molecule has 1 N–H and O–H groups in total. The van der Waals surface area contributed by atoms with Gasteiger partial charge in [0.05, 0.1) is 25.9 Å². The van der Waals surface area contributed by atoms with Crippen LogP contribution in [0.4, 0.5) is 5.95 Å². The monoisotopic (exact) mass is 535 g/mol. The first-order valence-corrected chi connectivity index (χ1v) is 15.7. The molecule has 2 fully saturated rings. The second-order valence-corrected chi connectivity index (χ2v) is 16.2. The second-order valence-electron chi connectivity index (χ2n) is 11.4. The van der Waals surface area contributed by atoms with Gasteiger partial charge in [-0.25, -0.2) is 9.98 Å². The molecule has 0 aromatic carbocycles. The number of ether oxygens (including phenoxy) is 3. The average Bonchev–Trinajstić information content (AvgIpc) is 3.39. The number of aromatic nitrogens is 4. The smallest absolute Gasteiger partial charge is 0.280 e. The van der Waals surface area contributed by atoms with Crippen LogP contribution >= 0.6 is 0 Å². The Hall–Kier alpha value is -2.16. The van der Waals surface area contributed by atoms with Gasteiger partial charge in [0.25, 0.3) is 5.56 Å². The van der Waals surface area contributed by atoms with Gasteiger partial charge < -0.3 is 23.5 Å². The van der Waals surface area contributed by atoms with Crippen LogP contribution in [0.2, 0.25) is 18.1 Å². The second kappa shape index (κ2) is 10.9. The molecular formula is C24H41N7O5Si. The van der Waals surface area contributed by atoms with E-state index in [9.17, 15) is 4.79 Å². The SMILES string of the molecule is CO[C@H]1C(O[Si](C)(C)C(C)(C)C)[C@@H](CN2CCOCC2)O[C@H]1n1cnc2c(=O)[nH]c(N=CN(C)C)nc21. The minimum absolute atomic E-state index is 0.0167. The van der Waals surface area contributed by atoms with Crippen LogP contribution in [0.5, 0.6) is 0 Å². The zero-order chi connectivity index (χ0) is 27.0. The number of hydrogen-bond acceptors (Lipinski definition) is 9. The van der Waals surface area contributed by atoms with E-state index in [4.69, 9.17) is 18.6 Å². The third-order valence-corrected chi connectivity index (χ3v) is 11.9. The topological polar surface area (TPSA) is 119 Å². The number of morpholine rings is 1. The first-order valence-electron chi connectivity index (χ1n) is 12.7. The summed E-state index contributed by atoms with van der Waals surface area (Å²) in [6, 6.07) is 0. The number of imidazole rings is 1. The van der Waals surface area contributed by atoms with Gasteiger partial charge in [-0.1, -0.05) is 20.8 Å². The van der Waals surface area contributed by atoms with Crippen molar-refractivity contribution in [2.24, 2.45) is 4.99 Å². The van der Waals surface area contributed by atoms with E-state index in [0.717, 1.165) is 13.1 Å². The van der Waals surface area contributed by atoms with Crippen molar-refractivity contribution in [2.75, 3.05) is 54.1 Å². The predicted molar refractivity (Wildman–Crippen MR) is 144 cm³/mol.